The first-order chi connectivity index (χ1) is 9.59. The predicted octanol–water partition coefficient (Wildman–Crippen LogP) is 2.07. The molecule has 0 aromatic heterocycles. The molecule has 0 fully saturated rings. The molecule has 0 amide bonds. The summed E-state index contributed by atoms with van der Waals surface area (Å²) in [6.45, 7) is 6.12. The molecule has 0 atom stereocenters. The summed E-state index contributed by atoms with van der Waals surface area (Å²) >= 11 is 10.8. The molecule has 3 N–H and O–H groups in total. The van der Waals surface area contributed by atoms with E-state index < -0.39 is 15.6 Å². The van der Waals surface area contributed by atoms with E-state index in [-0.39, 0.29) is 21.5 Å². The van der Waals surface area contributed by atoms with E-state index in [1.54, 1.807) is 0 Å². The van der Waals surface area contributed by atoms with Crippen LogP contribution in [0.15, 0.2) is 23.1 Å². The number of nitrogens with two attached hydrogens (primary N) is 1. The second-order valence-corrected chi connectivity index (χ2v) is 7.64. The van der Waals surface area contributed by atoms with Crippen molar-refractivity contribution in [3.8, 4) is 0 Å². The van der Waals surface area contributed by atoms with Crippen molar-refractivity contribution in [3.63, 3.8) is 0 Å². The molecule has 0 unspecified atom stereocenters. The van der Waals surface area contributed by atoms with Crippen LogP contribution in [0.25, 0.3) is 0 Å². The minimum Gasteiger partial charge on any atom is -0.389 e. The predicted molar refractivity (Wildman–Crippen MR) is 88.2 cm³/mol. The van der Waals surface area contributed by atoms with E-state index in [4.69, 9.17) is 34.3 Å². The average Bonchev–Trinajstić information content (AvgIpc) is 2.36. The van der Waals surface area contributed by atoms with Crippen LogP contribution in [-0.4, -0.2) is 32.2 Å². The number of halogens is 1. The molecule has 1 aromatic rings. The van der Waals surface area contributed by atoms with Gasteiger partial charge in [-0.2, -0.15) is 0 Å². The summed E-state index contributed by atoms with van der Waals surface area (Å²) in [7, 11) is -3.68. The smallest absolute Gasteiger partial charge is 0.240 e. The van der Waals surface area contributed by atoms with E-state index in [1.165, 1.54) is 18.2 Å². The minimum atomic E-state index is -3.68. The maximum atomic E-state index is 12.2. The van der Waals surface area contributed by atoms with Gasteiger partial charge in [-0.1, -0.05) is 23.8 Å². The highest BCUT2D eigenvalue weighted by Gasteiger charge is 2.23. The van der Waals surface area contributed by atoms with Gasteiger partial charge in [0.15, 0.2) is 0 Å². The summed E-state index contributed by atoms with van der Waals surface area (Å²) < 4.78 is 32.4. The molecular formula is C13H19ClN2O3S2. The number of benzene rings is 1. The fraction of sp³-hybridized carbons (Fsp3) is 0.462. The summed E-state index contributed by atoms with van der Waals surface area (Å²) in [5, 5.41) is 0.203. The molecule has 0 aliphatic carbocycles. The molecule has 0 radical (unpaired) electrons. The van der Waals surface area contributed by atoms with Gasteiger partial charge in [0, 0.05) is 18.7 Å². The highest BCUT2D eigenvalue weighted by molar-refractivity contribution is 7.89. The lowest BCUT2D eigenvalue weighted by Gasteiger charge is -2.24. The van der Waals surface area contributed by atoms with Gasteiger partial charge < -0.3 is 10.5 Å². The number of ether oxygens (including phenoxy) is 1. The second kappa shape index (κ2) is 7.02. The van der Waals surface area contributed by atoms with Crippen LogP contribution >= 0.6 is 23.8 Å². The number of hydrogen-bond acceptors (Lipinski definition) is 4. The summed E-state index contributed by atoms with van der Waals surface area (Å²) in [6, 6.07) is 4.23. The van der Waals surface area contributed by atoms with E-state index in [0.717, 1.165) is 0 Å². The zero-order valence-electron chi connectivity index (χ0n) is 12.1. The Kier molecular flexibility index (Phi) is 6.12. The van der Waals surface area contributed by atoms with Gasteiger partial charge in [-0.15, -0.1) is 0 Å². The average molecular weight is 351 g/mol. The lowest BCUT2D eigenvalue weighted by atomic mass is 10.1. The summed E-state index contributed by atoms with van der Waals surface area (Å²) in [5.74, 6) is 0. The van der Waals surface area contributed by atoms with Gasteiger partial charge in [-0.05, 0) is 39.0 Å². The number of hydrogen-bond donors (Lipinski definition) is 2. The highest BCUT2D eigenvalue weighted by atomic mass is 35.5. The molecule has 0 aliphatic rings. The van der Waals surface area contributed by atoms with Crippen molar-refractivity contribution in [2.45, 2.75) is 31.3 Å². The van der Waals surface area contributed by atoms with Crippen molar-refractivity contribution in [1.82, 2.24) is 4.72 Å². The minimum absolute atomic E-state index is 0.0554. The molecule has 8 heteroatoms. The first-order valence-corrected chi connectivity index (χ1v) is 8.59. The molecule has 0 aliphatic heterocycles. The van der Waals surface area contributed by atoms with Crippen molar-refractivity contribution < 1.29 is 13.2 Å². The third kappa shape index (κ3) is 5.19. The Labute approximate surface area is 135 Å². The number of nitrogens with one attached hydrogen (secondary N) is 1. The standard InChI is InChI=1S/C13H19ClN2O3S2/c1-4-19-13(2,3)8-16-21(17,18)9-5-6-10(12(15)20)11(14)7-9/h5-7,16H,4,8H2,1-3H3,(H2,15,20). The van der Waals surface area contributed by atoms with Crippen LogP contribution in [-0.2, 0) is 14.8 Å². The Morgan fingerprint density at radius 3 is 2.57 bits per heavy atom. The first-order valence-electron chi connectivity index (χ1n) is 6.32. The largest absolute Gasteiger partial charge is 0.389 e. The van der Waals surface area contributed by atoms with E-state index in [1.807, 2.05) is 20.8 Å². The molecule has 1 rings (SSSR count). The lowest BCUT2D eigenvalue weighted by molar-refractivity contribution is -0.00515. The molecule has 0 saturated carbocycles. The Morgan fingerprint density at radius 2 is 2.10 bits per heavy atom. The highest BCUT2D eigenvalue weighted by Crippen LogP contribution is 2.21. The normalized spacial score (nSPS) is 12.4. The molecule has 0 heterocycles. The van der Waals surface area contributed by atoms with Crippen LogP contribution in [0.4, 0.5) is 0 Å². The van der Waals surface area contributed by atoms with Gasteiger partial charge >= 0.3 is 0 Å². The Morgan fingerprint density at radius 1 is 1.48 bits per heavy atom. The van der Waals surface area contributed by atoms with Gasteiger partial charge in [0.05, 0.1) is 15.5 Å². The fourth-order valence-corrected chi connectivity index (χ4v) is 3.46. The monoisotopic (exact) mass is 350 g/mol. The number of sulfonamides is 1. The van der Waals surface area contributed by atoms with Crippen molar-refractivity contribution >= 4 is 38.8 Å². The van der Waals surface area contributed by atoms with E-state index in [0.29, 0.717) is 12.2 Å². The fourth-order valence-electron chi connectivity index (χ4n) is 1.66. The molecule has 1 aromatic carbocycles. The molecule has 21 heavy (non-hydrogen) atoms. The molecule has 5 nitrogen and oxygen atoms in total. The van der Waals surface area contributed by atoms with E-state index in [9.17, 15) is 8.42 Å². The molecule has 0 spiro atoms. The number of rotatable bonds is 7. The third-order valence-corrected chi connectivity index (χ3v) is 4.67. The van der Waals surface area contributed by atoms with Crippen LogP contribution < -0.4 is 10.5 Å². The Balaban J connectivity index is 2.94. The maximum absolute atomic E-state index is 12.2. The Bertz CT molecular complexity index is 630. The lowest BCUT2D eigenvalue weighted by Crippen LogP contribution is -2.40. The third-order valence-electron chi connectivity index (χ3n) is 2.74. The molecular weight excluding hydrogens is 332 g/mol. The van der Waals surface area contributed by atoms with E-state index >= 15 is 0 Å². The molecule has 0 bridgehead atoms. The summed E-state index contributed by atoms with van der Waals surface area (Å²) in [5.41, 5.74) is 5.34. The van der Waals surface area contributed by atoms with Gasteiger partial charge in [0.25, 0.3) is 0 Å². The molecule has 0 saturated heterocycles. The number of thiocarbonyl (C=S) groups is 1. The quantitative estimate of drug-likeness (QED) is 0.736. The van der Waals surface area contributed by atoms with Crippen LogP contribution in [0.5, 0.6) is 0 Å². The van der Waals surface area contributed by atoms with Crippen LogP contribution in [0, 0.1) is 0 Å². The first kappa shape index (κ1) is 18.3. The zero-order chi connectivity index (χ0) is 16.3. The van der Waals surface area contributed by atoms with Gasteiger partial charge in [0.2, 0.25) is 10.0 Å². The van der Waals surface area contributed by atoms with Crippen LogP contribution in [0.3, 0.4) is 0 Å². The Hall–Kier alpha value is -0.730. The van der Waals surface area contributed by atoms with Crippen molar-refractivity contribution in [3.05, 3.63) is 28.8 Å². The van der Waals surface area contributed by atoms with Crippen molar-refractivity contribution in [2.75, 3.05) is 13.2 Å². The summed E-state index contributed by atoms with van der Waals surface area (Å²) in [6.07, 6.45) is 0. The van der Waals surface area contributed by atoms with E-state index in [2.05, 4.69) is 4.72 Å². The zero-order valence-corrected chi connectivity index (χ0v) is 14.5. The summed E-state index contributed by atoms with van der Waals surface area (Å²) in [4.78, 5) is 0.175. The van der Waals surface area contributed by atoms with Crippen molar-refractivity contribution in [2.24, 2.45) is 5.73 Å². The second-order valence-electron chi connectivity index (χ2n) is 5.02. The molecule has 118 valence electrons. The van der Waals surface area contributed by atoms with Crippen LogP contribution in [0.2, 0.25) is 5.02 Å². The maximum Gasteiger partial charge on any atom is 0.240 e. The van der Waals surface area contributed by atoms with Crippen molar-refractivity contribution in [1.29, 1.82) is 0 Å². The van der Waals surface area contributed by atoms with Crippen LogP contribution in [0.1, 0.15) is 26.3 Å². The van der Waals surface area contributed by atoms with Gasteiger partial charge in [-0.25, -0.2) is 13.1 Å². The SMILES string of the molecule is CCOC(C)(C)CNS(=O)(=O)c1ccc(C(N)=S)c(Cl)c1. The van der Waals surface area contributed by atoms with Gasteiger partial charge in [-0.3, -0.25) is 0 Å². The topological polar surface area (TPSA) is 81.4 Å². The van der Waals surface area contributed by atoms with Gasteiger partial charge in [0.1, 0.15) is 4.99 Å².